The summed E-state index contributed by atoms with van der Waals surface area (Å²) in [6.07, 6.45) is 11.9. The number of hydrogen-bond donors (Lipinski definition) is 9. The Balaban J connectivity index is -0.000000306. The number of aromatic nitrogens is 4. The maximum atomic E-state index is 11.6. The zero-order valence-corrected chi connectivity index (χ0v) is 27.4. The molecular formula is C29H52N12O8. The zero-order valence-electron chi connectivity index (χ0n) is 27.4. The topological polar surface area (TPSA) is 339 Å². The standard InChI is InChI=1S/C13H19N5O3.C8H12N2O2.C5H7N3O.CH6N2.CH4O2.CH4/c1-10-8-11(20)17-12(16-10)18-13(21)15-7-5-3-2-4-6-14-9-19;11-7-9-5-3-1-2-4-6-10-8-12;1-3-2-4(9)8-5(6)7-3;2*2-1-3;/h8H,2-7H2,1H3,(H3,15,16,17,18,20,21);1-6H2;2H,1H3,(H3,6,7,8,9);1-3H2;2-3H,1H2;1H4. The van der Waals surface area contributed by atoms with Crippen LogP contribution in [0.2, 0.25) is 0 Å². The summed E-state index contributed by atoms with van der Waals surface area (Å²) in [6.45, 7) is 5.03. The van der Waals surface area contributed by atoms with Gasteiger partial charge in [0.25, 0.3) is 11.1 Å². The Hall–Kier alpha value is -5.19. The van der Waals surface area contributed by atoms with Crippen LogP contribution in [-0.2, 0) is 14.4 Å². The molecule has 2 heterocycles. The molecule has 0 aromatic carbocycles. The van der Waals surface area contributed by atoms with Crippen LogP contribution in [-0.4, -0.2) is 94.1 Å². The maximum Gasteiger partial charge on any atom is 0.321 e. The molecular weight excluding hydrogens is 644 g/mol. The lowest BCUT2D eigenvalue weighted by Crippen LogP contribution is -2.31. The number of carbonyl (C=O) groups excluding carboxylic acids is 4. The molecule has 276 valence electrons. The molecule has 20 nitrogen and oxygen atoms in total. The number of nitrogens with one attached hydrogen (secondary N) is 4. The van der Waals surface area contributed by atoms with E-state index < -0.39 is 12.8 Å². The highest BCUT2D eigenvalue weighted by atomic mass is 16.5. The van der Waals surface area contributed by atoms with E-state index in [0.717, 1.165) is 51.4 Å². The van der Waals surface area contributed by atoms with E-state index in [1.165, 1.54) is 30.4 Å². The first-order chi connectivity index (χ1) is 23.0. The number of carbonyl (C=O) groups is 1. The lowest BCUT2D eigenvalue weighted by Gasteiger charge is -2.06. The molecule has 0 unspecified atom stereocenters. The normalized spacial score (nSPS) is 8.69. The molecule has 49 heavy (non-hydrogen) atoms. The maximum absolute atomic E-state index is 11.6. The Morgan fingerprint density at radius 3 is 1.53 bits per heavy atom. The first-order valence-electron chi connectivity index (χ1n) is 14.7. The van der Waals surface area contributed by atoms with Crippen LogP contribution in [0.5, 0.6) is 0 Å². The monoisotopic (exact) mass is 696 g/mol. The van der Waals surface area contributed by atoms with Gasteiger partial charge in [-0.2, -0.15) is 0 Å². The number of nitrogen functional groups attached to an aromatic ring is 1. The number of aryl methyl sites for hydroxylation is 2. The van der Waals surface area contributed by atoms with Crippen LogP contribution in [0.3, 0.4) is 0 Å². The summed E-state index contributed by atoms with van der Waals surface area (Å²) in [4.78, 5) is 85.2. The van der Waals surface area contributed by atoms with Crippen LogP contribution in [0.1, 0.15) is 70.2 Å². The molecule has 0 radical (unpaired) electrons. The Morgan fingerprint density at radius 1 is 0.776 bits per heavy atom. The van der Waals surface area contributed by atoms with Crippen molar-refractivity contribution in [2.75, 3.05) is 50.7 Å². The number of nitrogens with two attached hydrogens (primary N) is 3. The van der Waals surface area contributed by atoms with Gasteiger partial charge in [-0.1, -0.05) is 33.1 Å². The number of aliphatic hydroxyl groups excluding tert-OH is 1. The van der Waals surface area contributed by atoms with Gasteiger partial charge in [0.1, 0.15) is 6.79 Å². The number of amides is 2. The number of aliphatic imine (C=N–C) groups is 3. The van der Waals surface area contributed by atoms with Crippen molar-refractivity contribution in [2.24, 2.45) is 26.4 Å². The van der Waals surface area contributed by atoms with Gasteiger partial charge in [0.2, 0.25) is 30.1 Å². The molecule has 0 aliphatic heterocycles. The van der Waals surface area contributed by atoms with Crippen LogP contribution in [0, 0.1) is 13.8 Å². The van der Waals surface area contributed by atoms with Crippen LogP contribution in [0.4, 0.5) is 16.7 Å². The van der Waals surface area contributed by atoms with Crippen molar-refractivity contribution in [3.63, 3.8) is 0 Å². The number of aromatic amines is 2. The molecule has 0 aliphatic carbocycles. The minimum atomic E-state index is -0.750. The fraction of sp³-hybridized carbons (Fsp3) is 0.586. The molecule has 0 aliphatic rings. The van der Waals surface area contributed by atoms with Crippen LogP contribution < -0.4 is 39.0 Å². The van der Waals surface area contributed by atoms with Crippen LogP contribution in [0.15, 0.2) is 36.7 Å². The van der Waals surface area contributed by atoms with E-state index in [2.05, 4.69) is 57.0 Å². The van der Waals surface area contributed by atoms with Crippen molar-refractivity contribution in [3.05, 3.63) is 44.2 Å². The number of aliphatic hydroxyl groups is 2. The average Bonchev–Trinajstić information content (AvgIpc) is 3.00. The summed E-state index contributed by atoms with van der Waals surface area (Å²) in [5, 5.41) is 19.4. The molecule has 2 rings (SSSR count). The lowest BCUT2D eigenvalue weighted by molar-refractivity contribution is 0.0773. The lowest BCUT2D eigenvalue weighted by atomic mass is 10.2. The predicted molar refractivity (Wildman–Crippen MR) is 186 cm³/mol. The first-order valence-corrected chi connectivity index (χ1v) is 14.7. The summed E-state index contributed by atoms with van der Waals surface area (Å²) in [5.41, 5.74) is 15.1. The molecule has 2 amide bonds. The molecule has 0 spiro atoms. The van der Waals surface area contributed by atoms with E-state index in [1.807, 2.05) is 0 Å². The molecule has 2 aromatic rings. The van der Waals surface area contributed by atoms with E-state index in [4.69, 9.17) is 15.9 Å². The highest BCUT2D eigenvalue weighted by molar-refractivity contribution is 5.87. The Morgan fingerprint density at radius 2 is 1.16 bits per heavy atom. The van der Waals surface area contributed by atoms with E-state index in [9.17, 15) is 28.8 Å². The molecule has 0 saturated carbocycles. The summed E-state index contributed by atoms with van der Waals surface area (Å²) in [5.74, 6) is 0.296. The quantitative estimate of drug-likeness (QED) is 0.0527. The number of hydrogen-bond acceptors (Lipinski definition) is 16. The highest BCUT2D eigenvalue weighted by Gasteiger charge is 2.03. The van der Waals surface area contributed by atoms with Crippen molar-refractivity contribution in [1.29, 1.82) is 0 Å². The van der Waals surface area contributed by atoms with Gasteiger partial charge >= 0.3 is 6.03 Å². The molecule has 12 N–H and O–H groups in total. The summed E-state index contributed by atoms with van der Waals surface area (Å²) < 4.78 is 0. The Labute approximate surface area is 284 Å². The molecule has 0 atom stereocenters. The predicted octanol–water partition coefficient (Wildman–Crippen LogP) is 0.401. The van der Waals surface area contributed by atoms with E-state index >= 15 is 0 Å². The minimum Gasteiger partial charge on any atom is -0.371 e. The van der Waals surface area contributed by atoms with Crippen molar-refractivity contribution >= 4 is 36.2 Å². The molecule has 0 saturated heterocycles. The first kappa shape index (κ1) is 50.7. The summed E-state index contributed by atoms with van der Waals surface area (Å²) in [6, 6.07) is 2.32. The Kier molecular flexibility index (Phi) is 40.3. The second-order valence-electron chi connectivity index (χ2n) is 9.01. The van der Waals surface area contributed by atoms with E-state index in [0.29, 0.717) is 37.6 Å². The SMILES string of the molecule is C.Cc1cc(=O)[nH]c(N)n1.Cc1cc(=O)[nH]c(NC(=O)NCCCCCCN=C=O)n1.NCN.O=C=NCCCCCCN=C=O.OCO. The summed E-state index contributed by atoms with van der Waals surface area (Å²) >= 11 is 0. The number of anilines is 2. The zero-order chi connectivity index (χ0) is 36.8. The second kappa shape index (κ2) is 39.0. The van der Waals surface area contributed by atoms with Crippen molar-refractivity contribution in [3.8, 4) is 0 Å². The fourth-order valence-corrected chi connectivity index (χ4v) is 3.14. The van der Waals surface area contributed by atoms with Gasteiger partial charge in [-0.05, 0) is 39.5 Å². The van der Waals surface area contributed by atoms with Gasteiger partial charge in [-0.25, -0.2) is 44.1 Å². The largest absolute Gasteiger partial charge is 0.371 e. The number of isocyanates is 3. The average molecular weight is 697 g/mol. The third-order valence-electron chi connectivity index (χ3n) is 4.96. The molecule has 2 aromatic heterocycles. The third kappa shape index (κ3) is 40.8. The van der Waals surface area contributed by atoms with Gasteiger partial charge in [-0.3, -0.25) is 24.9 Å². The van der Waals surface area contributed by atoms with Crippen LogP contribution >= 0.6 is 0 Å². The van der Waals surface area contributed by atoms with Crippen LogP contribution in [0.25, 0.3) is 0 Å². The number of rotatable bonds is 15. The number of unbranched alkanes of at least 4 members (excludes halogenated alkanes) is 6. The van der Waals surface area contributed by atoms with Gasteiger partial charge in [0, 0.05) is 36.7 Å². The molecule has 20 heteroatoms. The molecule has 0 bridgehead atoms. The van der Waals surface area contributed by atoms with E-state index in [-0.39, 0.29) is 37.1 Å². The van der Waals surface area contributed by atoms with E-state index in [1.54, 1.807) is 13.8 Å². The van der Waals surface area contributed by atoms with Gasteiger partial charge in [-0.15, -0.1) is 0 Å². The summed E-state index contributed by atoms with van der Waals surface area (Å²) in [7, 11) is 0. The second-order valence-corrected chi connectivity index (χ2v) is 9.01. The smallest absolute Gasteiger partial charge is 0.321 e. The van der Waals surface area contributed by atoms with Gasteiger partial charge in [0.15, 0.2) is 0 Å². The van der Waals surface area contributed by atoms with Crippen molar-refractivity contribution < 1.29 is 29.4 Å². The van der Waals surface area contributed by atoms with Gasteiger partial charge < -0.3 is 32.7 Å². The highest BCUT2D eigenvalue weighted by Crippen LogP contribution is 2.00. The molecule has 0 fully saturated rings. The number of nitrogens with zero attached hydrogens (tertiary/aromatic N) is 5. The van der Waals surface area contributed by atoms with Crippen molar-refractivity contribution in [2.45, 2.75) is 72.6 Å². The number of urea groups is 1. The Bertz CT molecular complexity index is 1320. The minimum absolute atomic E-state index is 0. The van der Waals surface area contributed by atoms with Gasteiger partial charge in [0.05, 0.1) is 19.6 Å². The fourth-order valence-electron chi connectivity index (χ4n) is 3.14. The number of H-pyrrole nitrogens is 2. The third-order valence-corrected chi connectivity index (χ3v) is 4.96. The van der Waals surface area contributed by atoms with Crippen molar-refractivity contribution in [1.82, 2.24) is 25.3 Å².